The Balaban J connectivity index is 1.70. The van der Waals surface area contributed by atoms with E-state index in [0.717, 1.165) is 36.2 Å². The fourth-order valence-electron chi connectivity index (χ4n) is 3.56. The van der Waals surface area contributed by atoms with E-state index in [1.54, 1.807) is 16.8 Å². The standard InChI is InChI=1S/C18H20FN3O2/c1-12-11-21(9-10-24-12)18(23)17-15-3-2-4-16(15)22(20-17)14-7-5-13(19)6-8-14/h5-8,12H,2-4,9-11H2,1H3/t12-/m0/s1. The summed E-state index contributed by atoms with van der Waals surface area (Å²) in [6.07, 6.45) is 2.84. The molecule has 1 aliphatic heterocycles. The van der Waals surface area contributed by atoms with Gasteiger partial charge < -0.3 is 9.64 Å². The molecule has 1 fully saturated rings. The van der Waals surface area contributed by atoms with E-state index >= 15 is 0 Å². The minimum absolute atomic E-state index is 0.0239. The smallest absolute Gasteiger partial charge is 0.274 e. The summed E-state index contributed by atoms with van der Waals surface area (Å²) in [6, 6.07) is 6.24. The first-order valence-corrected chi connectivity index (χ1v) is 8.41. The summed E-state index contributed by atoms with van der Waals surface area (Å²) < 4.78 is 20.5. The van der Waals surface area contributed by atoms with Crippen LogP contribution in [0.2, 0.25) is 0 Å². The number of aromatic nitrogens is 2. The van der Waals surface area contributed by atoms with Crippen LogP contribution < -0.4 is 0 Å². The second-order valence-electron chi connectivity index (χ2n) is 6.45. The summed E-state index contributed by atoms with van der Waals surface area (Å²) >= 11 is 0. The molecule has 1 aromatic heterocycles. The van der Waals surface area contributed by atoms with Gasteiger partial charge in [0.15, 0.2) is 5.69 Å². The Bertz CT molecular complexity index is 769. The van der Waals surface area contributed by atoms with Crippen LogP contribution >= 0.6 is 0 Å². The minimum Gasteiger partial charge on any atom is -0.375 e. The Morgan fingerprint density at radius 2 is 2.08 bits per heavy atom. The second-order valence-corrected chi connectivity index (χ2v) is 6.45. The maximum Gasteiger partial charge on any atom is 0.274 e. The Morgan fingerprint density at radius 3 is 2.83 bits per heavy atom. The van der Waals surface area contributed by atoms with Gasteiger partial charge in [0.25, 0.3) is 5.91 Å². The van der Waals surface area contributed by atoms with Crippen molar-refractivity contribution in [1.82, 2.24) is 14.7 Å². The Hall–Kier alpha value is -2.21. The lowest BCUT2D eigenvalue weighted by Gasteiger charge is -2.30. The van der Waals surface area contributed by atoms with Crippen molar-refractivity contribution in [2.24, 2.45) is 0 Å². The maximum absolute atomic E-state index is 13.2. The van der Waals surface area contributed by atoms with Crippen molar-refractivity contribution < 1.29 is 13.9 Å². The van der Waals surface area contributed by atoms with E-state index in [2.05, 4.69) is 5.10 Å². The highest BCUT2D eigenvalue weighted by Crippen LogP contribution is 2.29. The van der Waals surface area contributed by atoms with Gasteiger partial charge in [-0.25, -0.2) is 9.07 Å². The zero-order chi connectivity index (χ0) is 16.7. The predicted molar refractivity (Wildman–Crippen MR) is 86.9 cm³/mol. The number of rotatable bonds is 2. The van der Waals surface area contributed by atoms with Gasteiger partial charge in [-0.15, -0.1) is 0 Å². The minimum atomic E-state index is -0.277. The van der Waals surface area contributed by atoms with Crippen molar-refractivity contribution in [3.8, 4) is 5.69 Å². The summed E-state index contributed by atoms with van der Waals surface area (Å²) in [6.45, 7) is 3.73. The van der Waals surface area contributed by atoms with Gasteiger partial charge in [-0.1, -0.05) is 0 Å². The normalized spacial score (nSPS) is 20.2. The molecule has 4 rings (SSSR count). The third-order valence-electron chi connectivity index (χ3n) is 4.73. The highest BCUT2D eigenvalue weighted by Gasteiger charge is 2.31. The molecule has 1 aromatic carbocycles. The molecule has 0 spiro atoms. The molecule has 0 saturated carbocycles. The highest BCUT2D eigenvalue weighted by atomic mass is 19.1. The van der Waals surface area contributed by atoms with Crippen LogP contribution in [0.1, 0.15) is 35.1 Å². The van der Waals surface area contributed by atoms with Gasteiger partial charge >= 0.3 is 0 Å². The van der Waals surface area contributed by atoms with Crippen LogP contribution in [-0.2, 0) is 17.6 Å². The number of carbonyl (C=O) groups is 1. The zero-order valence-corrected chi connectivity index (χ0v) is 13.7. The van der Waals surface area contributed by atoms with Gasteiger partial charge in [0.1, 0.15) is 5.82 Å². The topological polar surface area (TPSA) is 47.4 Å². The molecule has 0 unspecified atom stereocenters. The van der Waals surface area contributed by atoms with Crippen molar-refractivity contribution in [2.75, 3.05) is 19.7 Å². The van der Waals surface area contributed by atoms with E-state index in [0.29, 0.717) is 25.4 Å². The van der Waals surface area contributed by atoms with E-state index in [1.807, 2.05) is 11.8 Å². The van der Waals surface area contributed by atoms with Gasteiger partial charge in [0.2, 0.25) is 0 Å². The first kappa shape index (κ1) is 15.3. The molecule has 0 bridgehead atoms. The average molecular weight is 329 g/mol. The molecular weight excluding hydrogens is 309 g/mol. The van der Waals surface area contributed by atoms with Gasteiger partial charge in [-0.3, -0.25) is 4.79 Å². The molecule has 6 heteroatoms. The maximum atomic E-state index is 13.2. The Kier molecular flexibility index (Phi) is 3.84. The van der Waals surface area contributed by atoms with Gasteiger partial charge in [-0.2, -0.15) is 5.10 Å². The zero-order valence-electron chi connectivity index (χ0n) is 13.7. The van der Waals surface area contributed by atoms with Crippen molar-refractivity contribution in [3.63, 3.8) is 0 Å². The quantitative estimate of drug-likeness (QED) is 0.850. The monoisotopic (exact) mass is 329 g/mol. The molecule has 5 nitrogen and oxygen atoms in total. The number of hydrogen-bond donors (Lipinski definition) is 0. The highest BCUT2D eigenvalue weighted by molar-refractivity contribution is 5.94. The SMILES string of the molecule is C[C@H]1CN(C(=O)c2nn(-c3ccc(F)cc3)c3c2CCC3)CCO1. The molecule has 2 heterocycles. The third-order valence-corrected chi connectivity index (χ3v) is 4.73. The van der Waals surface area contributed by atoms with E-state index in [4.69, 9.17) is 4.74 Å². The Labute approximate surface area is 140 Å². The molecule has 24 heavy (non-hydrogen) atoms. The van der Waals surface area contributed by atoms with Crippen molar-refractivity contribution >= 4 is 5.91 Å². The first-order valence-electron chi connectivity index (χ1n) is 8.41. The first-order chi connectivity index (χ1) is 11.6. The van der Waals surface area contributed by atoms with Crippen LogP contribution in [-0.4, -0.2) is 46.4 Å². The van der Waals surface area contributed by atoms with Crippen LogP contribution in [0, 0.1) is 5.82 Å². The third kappa shape index (κ3) is 2.60. The number of morpholine rings is 1. The number of ether oxygens (including phenoxy) is 1. The summed E-state index contributed by atoms with van der Waals surface area (Å²) in [4.78, 5) is 14.8. The molecule has 2 aromatic rings. The van der Waals surface area contributed by atoms with Gasteiger partial charge in [0, 0.05) is 24.3 Å². The van der Waals surface area contributed by atoms with Crippen LogP contribution in [0.3, 0.4) is 0 Å². The van der Waals surface area contributed by atoms with Crippen LogP contribution in [0.15, 0.2) is 24.3 Å². The molecule has 1 atom stereocenters. The van der Waals surface area contributed by atoms with E-state index in [1.165, 1.54) is 12.1 Å². The van der Waals surface area contributed by atoms with Gasteiger partial charge in [0.05, 0.1) is 18.4 Å². The second kappa shape index (κ2) is 6.02. The number of halogens is 1. The lowest BCUT2D eigenvalue weighted by atomic mass is 10.1. The molecule has 1 amide bonds. The fourth-order valence-corrected chi connectivity index (χ4v) is 3.56. The van der Waals surface area contributed by atoms with E-state index in [9.17, 15) is 9.18 Å². The average Bonchev–Trinajstić information content (AvgIpc) is 3.17. The van der Waals surface area contributed by atoms with Crippen molar-refractivity contribution in [3.05, 3.63) is 47.0 Å². The van der Waals surface area contributed by atoms with Crippen molar-refractivity contribution in [1.29, 1.82) is 0 Å². The molecule has 0 N–H and O–H groups in total. The van der Waals surface area contributed by atoms with E-state index in [-0.39, 0.29) is 17.8 Å². The molecule has 2 aliphatic rings. The van der Waals surface area contributed by atoms with E-state index < -0.39 is 0 Å². The van der Waals surface area contributed by atoms with Crippen LogP contribution in [0.25, 0.3) is 5.69 Å². The molecule has 1 saturated heterocycles. The lowest BCUT2D eigenvalue weighted by Crippen LogP contribution is -2.44. The number of amides is 1. The van der Waals surface area contributed by atoms with Crippen LogP contribution in [0.4, 0.5) is 4.39 Å². The summed E-state index contributed by atoms with van der Waals surface area (Å²) in [5.74, 6) is -0.301. The number of hydrogen-bond acceptors (Lipinski definition) is 3. The number of benzene rings is 1. The molecule has 126 valence electrons. The molecule has 1 aliphatic carbocycles. The lowest BCUT2D eigenvalue weighted by molar-refractivity contribution is -0.0126. The number of nitrogens with zero attached hydrogens (tertiary/aromatic N) is 3. The molecule has 0 radical (unpaired) electrons. The van der Waals surface area contributed by atoms with Crippen molar-refractivity contribution in [2.45, 2.75) is 32.3 Å². The van der Waals surface area contributed by atoms with Crippen LogP contribution in [0.5, 0.6) is 0 Å². The Morgan fingerprint density at radius 1 is 1.29 bits per heavy atom. The molecular formula is C18H20FN3O2. The summed E-state index contributed by atoms with van der Waals surface area (Å²) in [5.41, 5.74) is 3.46. The fraction of sp³-hybridized carbons (Fsp3) is 0.444. The summed E-state index contributed by atoms with van der Waals surface area (Å²) in [5, 5.41) is 4.59. The predicted octanol–water partition coefficient (Wildman–Crippen LogP) is 2.36. The largest absolute Gasteiger partial charge is 0.375 e. The summed E-state index contributed by atoms with van der Waals surface area (Å²) in [7, 11) is 0. The number of fused-ring (bicyclic) bond motifs is 1. The number of carbonyl (C=O) groups excluding carboxylic acids is 1. The van der Waals surface area contributed by atoms with Gasteiger partial charge in [-0.05, 0) is 50.5 Å².